The van der Waals surface area contributed by atoms with Gasteiger partial charge in [-0.05, 0) is 12.3 Å². The summed E-state index contributed by atoms with van der Waals surface area (Å²) in [4.78, 5) is 22.3. The summed E-state index contributed by atoms with van der Waals surface area (Å²) in [5.74, 6) is -1.70. The Hall–Kier alpha value is -1.06. The minimum atomic E-state index is -1.37. The number of rotatable bonds is 3. The van der Waals surface area contributed by atoms with Gasteiger partial charge in [-0.3, -0.25) is 9.59 Å². The first kappa shape index (κ1) is 7.58. The summed E-state index contributed by atoms with van der Waals surface area (Å²) < 4.78 is 12.0. The number of hydrogen-bond donors (Lipinski definition) is 1. The van der Waals surface area contributed by atoms with Crippen molar-refractivity contribution in [2.75, 3.05) is 7.11 Å². The molecule has 2 N–H and O–H groups in total. The number of methoxy groups -OCH3 is 1. The average Bonchev–Trinajstić information content (AvgIpc) is 2.70. The maximum Gasteiger partial charge on any atom is 0.321 e. The molecule has 0 aromatic rings. The normalized spacial score (nSPS) is 40.0. The van der Waals surface area contributed by atoms with E-state index < -0.39 is 23.7 Å². The van der Waals surface area contributed by atoms with E-state index in [4.69, 9.17) is 7.10 Å². The fraction of sp³-hybridized carbons (Fsp3) is 0.750. The molecule has 0 unspecified atom stereocenters. The Morgan fingerprint density at radius 2 is 2.42 bits per heavy atom. The van der Waals surface area contributed by atoms with Crippen LogP contribution in [0.2, 0.25) is 0 Å². The van der Waals surface area contributed by atoms with Gasteiger partial charge in [0.1, 0.15) is 5.41 Å². The summed E-state index contributed by atoms with van der Waals surface area (Å²) in [6, 6.07) is 0. The SMILES string of the molecule is [2H][C@@H]1[C@H](CC)[C@]1(C(N)=O)C(=O)OC. The molecule has 0 saturated heterocycles. The number of hydrogen-bond acceptors (Lipinski definition) is 3. The first-order valence-corrected chi connectivity index (χ1v) is 3.84. The molecule has 4 nitrogen and oxygen atoms in total. The topological polar surface area (TPSA) is 69.4 Å². The van der Waals surface area contributed by atoms with Crippen LogP contribution in [0.5, 0.6) is 0 Å². The van der Waals surface area contributed by atoms with Crippen molar-refractivity contribution in [3.05, 3.63) is 0 Å². The highest BCUT2D eigenvalue weighted by Gasteiger charge is 2.64. The van der Waals surface area contributed by atoms with Crippen molar-refractivity contribution in [3.8, 4) is 0 Å². The third-order valence-electron chi connectivity index (χ3n) is 2.31. The van der Waals surface area contributed by atoms with Gasteiger partial charge >= 0.3 is 5.97 Å². The molecule has 1 saturated carbocycles. The zero-order valence-corrected chi connectivity index (χ0v) is 7.16. The second kappa shape index (κ2) is 2.77. The average molecular weight is 172 g/mol. The molecule has 1 aliphatic rings. The minimum Gasteiger partial charge on any atom is -0.468 e. The Labute approximate surface area is 72.5 Å². The zero-order valence-electron chi connectivity index (χ0n) is 8.16. The van der Waals surface area contributed by atoms with Gasteiger partial charge in [-0.2, -0.15) is 0 Å². The van der Waals surface area contributed by atoms with Gasteiger partial charge < -0.3 is 10.5 Å². The third kappa shape index (κ3) is 0.983. The highest BCUT2D eigenvalue weighted by Crippen LogP contribution is 2.54. The predicted molar refractivity (Wildman–Crippen MR) is 42.0 cm³/mol. The van der Waals surface area contributed by atoms with E-state index in [0.29, 0.717) is 6.42 Å². The molecule has 68 valence electrons. The molecule has 1 aliphatic carbocycles. The molecule has 0 aromatic carbocycles. The maximum atomic E-state index is 11.3. The van der Waals surface area contributed by atoms with Crippen molar-refractivity contribution < 1.29 is 15.7 Å². The Kier molecular flexibility index (Phi) is 1.75. The van der Waals surface area contributed by atoms with Crippen LogP contribution in [0.3, 0.4) is 0 Å². The lowest BCUT2D eigenvalue weighted by Gasteiger charge is -2.09. The first-order chi connectivity index (χ1) is 6.03. The molecule has 0 radical (unpaired) electrons. The van der Waals surface area contributed by atoms with Crippen LogP contribution in [-0.2, 0) is 14.3 Å². The Morgan fingerprint density at radius 3 is 2.67 bits per heavy atom. The molecular weight excluding hydrogens is 158 g/mol. The Balaban J connectivity index is 2.94. The molecule has 0 bridgehead atoms. The lowest BCUT2D eigenvalue weighted by atomic mass is 10.0. The van der Waals surface area contributed by atoms with Gasteiger partial charge in [-0.15, -0.1) is 0 Å². The van der Waals surface area contributed by atoms with E-state index in [9.17, 15) is 9.59 Å². The van der Waals surface area contributed by atoms with Crippen LogP contribution in [0.15, 0.2) is 0 Å². The van der Waals surface area contributed by atoms with Crippen LogP contribution in [-0.4, -0.2) is 19.0 Å². The van der Waals surface area contributed by atoms with Crippen LogP contribution in [0, 0.1) is 11.3 Å². The molecule has 1 fully saturated rings. The molecule has 12 heavy (non-hydrogen) atoms. The van der Waals surface area contributed by atoms with Crippen molar-refractivity contribution in [2.45, 2.75) is 19.7 Å². The predicted octanol–water partition coefficient (Wildman–Crippen LogP) is 0.0610. The number of primary amides is 1. The van der Waals surface area contributed by atoms with Crippen LogP contribution in [0.1, 0.15) is 21.1 Å². The maximum absolute atomic E-state index is 11.3. The summed E-state index contributed by atoms with van der Waals surface area (Å²) in [5.41, 5.74) is 3.73. The monoisotopic (exact) mass is 172 g/mol. The van der Waals surface area contributed by atoms with Crippen molar-refractivity contribution in [2.24, 2.45) is 17.1 Å². The van der Waals surface area contributed by atoms with E-state index >= 15 is 0 Å². The van der Waals surface area contributed by atoms with Crippen LogP contribution in [0.4, 0.5) is 0 Å². The molecule has 0 aromatic heterocycles. The van der Waals surface area contributed by atoms with E-state index in [0.717, 1.165) is 0 Å². The van der Waals surface area contributed by atoms with Gasteiger partial charge in [0, 0.05) is 1.37 Å². The Bertz CT molecular complexity index is 256. The van der Waals surface area contributed by atoms with Crippen molar-refractivity contribution in [1.82, 2.24) is 0 Å². The summed E-state index contributed by atoms with van der Waals surface area (Å²) in [6.45, 7) is 1.82. The largest absolute Gasteiger partial charge is 0.468 e. The van der Waals surface area contributed by atoms with E-state index in [2.05, 4.69) is 4.74 Å². The Morgan fingerprint density at radius 1 is 1.83 bits per heavy atom. The lowest BCUT2D eigenvalue weighted by molar-refractivity contribution is -0.152. The van der Waals surface area contributed by atoms with Crippen molar-refractivity contribution >= 4 is 11.9 Å². The second-order valence-electron chi connectivity index (χ2n) is 2.91. The van der Waals surface area contributed by atoms with E-state index in [1.54, 1.807) is 0 Å². The number of carbonyl (C=O) groups excluding carboxylic acids is 2. The smallest absolute Gasteiger partial charge is 0.321 e. The molecule has 0 spiro atoms. The van der Waals surface area contributed by atoms with Gasteiger partial charge in [-0.1, -0.05) is 13.3 Å². The zero-order chi connectivity index (χ0) is 10.2. The lowest BCUT2D eigenvalue weighted by Crippen LogP contribution is -2.34. The van der Waals surface area contributed by atoms with E-state index in [-0.39, 0.29) is 5.92 Å². The fourth-order valence-electron chi connectivity index (χ4n) is 1.46. The van der Waals surface area contributed by atoms with Gasteiger partial charge in [-0.25, -0.2) is 0 Å². The molecule has 1 amide bonds. The fourth-order valence-corrected chi connectivity index (χ4v) is 1.46. The second-order valence-corrected chi connectivity index (χ2v) is 2.91. The standard InChI is InChI=1S/C8H13NO3/c1-3-5-4-8(5,6(9)10)7(11)12-2/h5H,3-4H2,1-2H3,(H2,9,10)/t5-,8+/m0/s1/i4D/t4-,5+,8-/m1. The van der Waals surface area contributed by atoms with Crippen molar-refractivity contribution in [3.63, 3.8) is 0 Å². The number of carbonyl (C=O) groups is 2. The number of amides is 1. The van der Waals surface area contributed by atoms with Crippen LogP contribution >= 0.6 is 0 Å². The molecule has 3 atom stereocenters. The quantitative estimate of drug-likeness (QED) is 0.483. The summed E-state index contributed by atoms with van der Waals surface area (Å²) in [6.07, 6.45) is -0.144. The minimum absolute atomic E-state index is 0.280. The van der Waals surface area contributed by atoms with E-state index in [1.165, 1.54) is 7.11 Å². The molecule has 4 heteroatoms. The molecule has 1 rings (SSSR count). The van der Waals surface area contributed by atoms with Gasteiger partial charge in [0.25, 0.3) is 0 Å². The molecular formula is C8H13NO3. The highest BCUT2D eigenvalue weighted by molar-refractivity contribution is 6.05. The van der Waals surface area contributed by atoms with Crippen LogP contribution < -0.4 is 5.73 Å². The van der Waals surface area contributed by atoms with Gasteiger partial charge in [0.15, 0.2) is 0 Å². The number of nitrogens with two attached hydrogens (primary N) is 1. The number of esters is 1. The molecule has 0 aliphatic heterocycles. The van der Waals surface area contributed by atoms with Crippen molar-refractivity contribution in [1.29, 1.82) is 0 Å². The third-order valence-corrected chi connectivity index (χ3v) is 2.31. The summed E-state index contributed by atoms with van der Waals surface area (Å²) >= 11 is 0. The summed E-state index contributed by atoms with van der Waals surface area (Å²) in [5, 5.41) is 0. The molecule has 0 heterocycles. The summed E-state index contributed by atoms with van der Waals surface area (Å²) in [7, 11) is 1.20. The first-order valence-electron chi connectivity index (χ1n) is 4.41. The van der Waals surface area contributed by atoms with E-state index in [1.807, 2.05) is 6.92 Å². The number of ether oxygens (including phenoxy) is 1. The van der Waals surface area contributed by atoms with Crippen LogP contribution in [0.25, 0.3) is 0 Å². The van der Waals surface area contributed by atoms with Gasteiger partial charge in [0.2, 0.25) is 5.91 Å². The highest BCUT2D eigenvalue weighted by atomic mass is 16.5. The van der Waals surface area contributed by atoms with Gasteiger partial charge in [0.05, 0.1) is 7.11 Å².